The van der Waals surface area contributed by atoms with Crippen molar-refractivity contribution in [1.29, 1.82) is 0 Å². The fraction of sp³-hybridized carbons (Fsp3) is 0.848. The Kier molecular flexibility index (Phi) is 28.1. The Balaban J connectivity index is 3.63. The van der Waals surface area contributed by atoms with Gasteiger partial charge in [-0.1, -0.05) is 103 Å². The number of hydrogen-bond acceptors (Lipinski definition) is 7. The molecule has 0 aromatic heterocycles. The molecular formula is C33H62N4O8. The van der Waals surface area contributed by atoms with Crippen molar-refractivity contribution in [3.05, 3.63) is 0 Å². The van der Waals surface area contributed by atoms with E-state index in [-0.39, 0.29) is 31.1 Å². The number of aliphatic carboxylic acids is 3. The average molecular weight is 643 g/mol. The molecule has 45 heavy (non-hydrogen) atoms. The standard InChI is InChI=1S/C33H62N4O8/c34-37-28(33(44)45)21-19-20-26-35-29(38)25-24-27(32(42)43)36-30(39)22-17-15-13-11-9-7-5-3-1-2-4-6-8-10-12-14-16-18-23-31(40)41/h27-28,37H,1-26,34H2,(H,35,38)(H,36,39)(H,40,41)(H,42,43)(H,44,45)/t27-,28-/m0/s1. The summed E-state index contributed by atoms with van der Waals surface area (Å²) in [6.07, 6.45) is 22.8. The van der Waals surface area contributed by atoms with E-state index in [4.69, 9.17) is 16.1 Å². The molecule has 0 rings (SSSR count). The molecule has 0 aromatic carbocycles. The van der Waals surface area contributed by atoms with Crippen LogP contribution in [0.25, 0.3) is 0 Å². The van der Waals surface area contributed by atoms with E-state index in [9.17, 15) is 29.1 Å². The van der Waals surface area contributed by atoms with Crippen LogP contribution >= 0.6 is 0 Å². The molecule has 2 atom stereocenters. The van der Waals surface area contributed by atoms with Gasteiger partial charge in [0.2, 0.25) is 11.8 Å². The highest BCUT2D eigenvalue weighted by molar-refractivity contribution is 5.84. The Morgan fingerprint density at radius 3 is 1.29 bits per heavy atom. The number of amides is 2. The van der Waals surface area contributed by atoms with Gasteiger partial charge < -0.3 is 26.0 Å². The van der Waals surface area contributed by atoms with Crippen molar-refractivity contribution in [2.75, 3.05) is 6.54 Å². The van der Waals surface area contributed by atoms with Crippen LogP contribution in [-0.2, 0) is 24.0 Å². The lowest BCUT2D eigenvalue weighted by Crippen LogP contribution is -2.41. The SMILES string of the molecule is NN[C@@H](CCCCNC(=O)CC[C@H](NC(=O)CCCCCCCCCCCCCCCCCCCCC(=O)O)C(=O)O)C(=O)O. The zero-order valence-electron chi connectivity index (χ0n) is 27.5. The minimum atomic E-state index is -1.16. The summed E-state index contributed by atoms with van der Waals surface area (Å²) < 4.78 is 0. The molecule has 0 fully saturated rings. The highest BCUT2D eigenvalue weighted by atomic mass is 16.4. The first-order valence-corrected chi connectivity index (χ1v) is 17.4. The highest BCUT2D eigenvalue weighted by Crippen LogP contribution is 2.15. The lowest BCUT2D eigenvalue weighted by Gasteiger charge is -2.14. The predicted molar refractivity (Wildman–Crippen MR) is 174 cm³/mol. The Morgan fingerprint density at radius 1 is 0.467 bits per heavy atom. The second-order valence-corrected chi connectivity index (χ2v) is 12.2. The molecule has 2 amide bonds. The van der Waals surface area contributed by atoms with Crippen molar-refractivity contribution >= 4 is 29.7 Å². The molecule has 262 valence electrons. The van der Waals surface area contributed by atoms with Crippen LogP contribution in [0, 0.1) is 0 Å². The van der Waals surface area contributed by atoms with Crippen molar-refractivity contribution in [1.82, 2.24) is 16.1 Å². The van der Waals surface area contributed by atoms with Crippen LogP contribution in [0.4, 0.5) is 0 Å². The number of hydrogen-bond donors (Lipinski definition) is 7. The van der Waals surface area contributed by atoms with Crippen LogP contribution in [0.2, 0.25) is 0 Å². The zero-order valence-corrected chi connectivity index (χ0v) is 27.5. The molecule has 0 aromatic rings. The third kappa shape index (κ3) is 28.5. The number of carbonyl (C=O) groups is 5. The monoisotopic (exact) mass is 642 g/mol. The van der Waals surface area contributed by atoms with Gasteiger partial charge >= 0.3 is 17.9 Å². The molecule has 0 heterocycles. The summed E-state index contributed by atoms with van der Waals surface area (Å²) >= 11 is 0. The number of carbonyl (C=O) groups excluding carboxylic acids is 2. The molecule has 8 N–H and O–H groups in total. The number of nitrogens with one attached hydrogen (secondary N) is 3. The van der Waals surface area contributed by atoms with Gasteiger partial charge in [0, 0.05) is 25.8 Å². The topological polar surface area (TPSA) is 208 Å². The molecule has 0 radical (unpaired) electrons. The molecule has 0 saturated heterocycles. The van der Waals surface area contributed by atoms with Crippen molar-refractivity contribution in [2.45, 2.75) is 173 Å². The molecule has 12 heteroatoms. The van der Waals surface area contributed by atoms with Gasteiger partial charge in [0.1, 0.15) is 12.1 Å². The summed E-state index contributed by atoms with van der Waals surface area (Å²) in [4.78, 5) is 57.2. The second-order valence-electron chi connectivity index (χ2n) is 12.2. The molecule has 0 saturated carbocycles. The van der Waals surface area contributed by atoms with Gasteiger partial charge in [-0.15, -0.1) is 0 Å². The van der Waals surface area contributed by atoms with Crippen LogP contribution in [-0.4, -0.2) is 63.7 Å². The number of carboxylic acid groups (broad SMARTS) is 3. The molecule has 0 aliphatic rings. The number of unbranched alkanes of at least 4 members (excludes halogenated alkanes) is 18. The molecule has 0 aliphatic heterocycles. The van der Waals surface area contributed by atoms with Crippen LogP contribution in [0.15, 0.2) is 0 Å². The van der Waals surface area contributed by atoms with Crippen molar-refractivity contribution in [3.63, 3.8) is 0 Å². The van der Waals surface area contributed by atoms with E-state index in [1.807, 2.05) is 0 Å². The van der Waals surface area contributed by atoms with E-state index in [0.29, 0.717) is 38.6 Å². The van der Waals surface area contributed by atoms with E-state index >= 15 is 0 Å². The van der Waals surface area contributed by atoms with Gasteiger partial charge in [-0.2, -0.15) is 0 Å². The van der Waals surface area contributed by atoms with Crippen LogP contribution in [0.3, 0.4) is 0 Å². The first kappa shape index (κ1) is 42.3. The van der Waals surface area contributed by atoms with Gasteiger partial charge in [0.15, 0.2) is 0 Å². The first-order chi connectivity index (χ1) is 21.7. The molecule has 0 aliphatic carbocycles. The molecular weight excluding hydrogens is 580 g/mol. The van der Waals surface area contributed by atoms with Crippen LogP contribution in [0.1, 0.15) is 161 Å². The maximum atomic E-state index is 12.2. The van der Waals surface area contributed by atoms with Crippen LogP contribution in [0.5, 0.6) is 0 Å². The van der Waals surface area contributed by atoms with Crippen molar-refractivity contribution < 1.29 is 39.3 Å². The van der Waals surface area contributed by atoms with Gasteiger partial charge in [0.05, 0.1) is 0 Å². The lowest BCUT2D eigenvalue weighted by molar-refractivity contribution is -0.142. The molecule has 0 bridgehead atoms. The van der Waals surface area contributed by atoms with Gasteiger partial charge in [-0.05, 0) is 38.5 Å². The Labute approximate surface area is 270 Å². The van der Waals surface area contributed by atoms with Gasteiger partial charge in [0.25, 0.3) is 0 Å². The quantitative estimate of drug-likeness (QED) is 0.0274. The third-order valence-electron chi connectivity index (χ3n) is 8.08. The van der Waals surface area contributed by atoms with Crippen molar-refractivity contribution in [3.8, 4) is 0 Å². The fourth-order valence-electron chi connectivity index (χ4n) is 5.26. The Morgan fingerprint density at radius 2 is 0.889 bits per heavy atom. The smallest absolute Gasteiger partial charge is 0.326 e. The normalized spacial score (nSPS) is 12.4. The second kappa shape index (κ2) is 30.0. The number of carboxylic acids is 3. The van der Waals surface area contributed by atoms with E-state index in [0.717, 1.165) is 38.5 Å². The van der Waals surface area contributed by atoms with E-state index in [1.165, 1.54) is 70.6 Å². The number of hydrazine groups is 1. The Bertz CT molecular complexity index is 812. The Hall–Kier alpha value is -2.73. The van der Waals surface area contributed by atoms with E-state index in [2.05, 4.69) is 16.1 Å². The van der Waals surface area contributed by atoms with Gasteiger partial charge in [-0.3, -0.25) is 25.0 Å². The highest BCUT2D eigenvalue weighted by Gasteiger charge is 2.21. The predicted octanol–water partition coefficient (Wildman–Crippen LogP) is 5.43. The van der Waals surface area contributed by atoms with Crippen molar-refractivity contribution in [2.24, 2.45) is 5.84 Å². The summed E-state index contributed by atoms with van der Waals surface area (Å²) in [5.74, 6) is 1.67. The minimum Gasteiger partial charge on any atom is -0.481 e. The zero-order chi connectivity index (χ0) is 33.5. The maximum absolute atomic E-state index is 12.2. The summed E-state index contributed by atoms with van der Waals surface area (Å²) in [6, 6.07) is -1.94. The van der Waals surface area contributed by atoms with E-state index < -0.39 is 30.0 Å². The van der Waals surface area contributed by atoms with E-state index in [1.54, 1.807) is 0 Å². The maximum Gasteiger partial charge on any atom is 0.326 e. The van der Waals surface area contributed by atoms with Crippen LogP contribution < -0.4 is 21.9 Å². The first-order valence-electron chi connectivity index (χ1n) is 17.4. The number of rotatable bonds is 33. The van der Waals surface area contributed by atoms with Gasteiger partial charge in [-0.25, -0.2) is 10.2 Å². The largest absolute Gasteiger partial charge is 0.481 e. The average Bonchev–Trinajstić information content (AvgIpc) is 2.99. The summed E-state index contributed by atoms with van der Waals surface area (Å²) in [7, 11) is 0. The summed E-state index contributed by atoms with van der Waals surface area (Å²) in [5, 5.41) is 32.2. The fourth-order valence-corrected chi connectivity index (χ4v) is 5.26. The summed E-state index contributed by atoms with van der Waals surface area (Å²) in [5.41, 5.74) is 2.22. The summed E-state index contributed by atoms with van der Waals surface area (Å²) in [6.45, 7) is 0.350. The number of nitrogens with two attached hydrogens (primary N) is 1. The third-order valence-corrected chi connectivity index (χ3v) is 8.08. The molecule has 0 unspecified atom stereocenters. The lowest BCUT2D eigenvalue weighted by atomic mass is 10.0. The minimum absolute atomic E-state index is 0.00388. The molecule has 0 spiro atoms. The molecule has 12 nitrogen and oxygen atoms in total.